The van der Waals surface area contributed by atoms with E-state index in [1.165, 1.54) is 12.1 Å². The Hall–Kier alpha value is -3.94. The number of hydrogen-bond donors (Lipinski definition) is 3. The summed E-state index contributed by atoms with van der Waals surface area (Å²) in [7, 11) is -4.42. The molecule has 0 aliphatic carbocycles. The van der Waals surface area contributed by atoms with Gasteiger partial charge in [-0.25, -0.2) is 17.5 Å². The summed E-state index contributed by atoms with van der Waals surface area (Å²) in [5.41, 5.74) is 0.144. The van der Waals surface area contributed by atoms with Crippen LogP contribution in [-0.2, 0) is 23.1 Å². The standard InChI is InChI=1S/C25H18ClF4N3O5S/c26-16-6-4-14(5-7-16)11-32-24(35)20-13-31-22-19(23(20)34)9-18(10-21(22)27)39(36,37)33-12-15-2-1-3-17(8-15)38-25(28,29)30/h1-10,13,33H,11-12H2,(H,31,34)(H,32,35). The lowest BCUT2D eigenvalue weighted by atomic mass is 10.1. The number of carbonyl (C=O) groups is 1. The number of hydrogen-bond acceptors (Lipinski definition) is 6. The molecule has 8 nitrogen and oxygen atoms in total. The summed E-state index contributed by atoms with van der Waals surface area (Å²) >= 11 is 5.83. The number of rotatable bonds is 8. The number of nitrogens with zero attached hydrogens (tertiary/aromatic N) is 1. The number of ether oxygens (including phenoxy) is 1. The Morgan fingerprint density at radius 3 is 2.44 bits per heavy atom. The molecule has 0 spiro atoms. The van der Waals surface area contributed by atoms with Crippen LogP contribution in [0.3, 0.4) is 0 Å². The molecule has 39 heavy (non-hydrogen) atoms. The fourth-order valence-corrected chi connectivity index (χ4v) is 4.72. The number of aromatic hydroxyl groups is 1. The highest BCUT2D eigenvalue weighted by Crippen LogP contribution is 2.31. The van der Waals surface area contributed by atoms with Crippen molar-refractivity contribution in [3.8, 4) is 11.5 Å². The SMILES string of the molecule is O=C(NCc1ccc(Cl)cc1)c1cnc2c(F)cc(S(=O)(=O)NCc3cccc(OC(F)(F)F)c3)cc2c1O. The molecule has 0 saturated carbocycles. The summed E-state index contributed by atoms with van der Waals surface area (Å²) in [6.07, 6.45) is -3.97. The minimum Gasteiger partial charge on any atom is -0.506 e. The van der Waals surface area contributed by atoms with Crippen molar-refractivity contribution >= 4 is 38.4 Å². The lowest BCUT2D eigenvalue weighted by molar-refractivity contribution is -0.274. The molecule has 0 saturated heterocycles. The zero-order chi connectivity index (χ0) is 28.4. The van der Waals surface area contributed by atoms with Crippen LogP contribution in [0.25, 0.3) is 10.9 Å². The highest BCUT2D eigenvalue weighted by atomic mass is 35.5. The zero-order valence-corrected chi connectivity index (χ0v) is 21.2. The van der Waals surface area contributed by atoms with Crippen molar-refractivity contribution in [2.75, 3.05) is 0 Å². The molecule has 204 valence electrons. The lowest BCUT2D eigenvalue weighted by Gasteiger charge is -2.12. The first kappa shape index (κ1) is 28.1. The molecule has 0 radical (unpaired) electrons. The maximum Gasteiger partial charge on any atom is 0.573 e. The van der Waals surface area contributed by atoms with E-state index in [1.807, 2.05) is 0 Å². The number of sulfonamides is 1. The molecule has 1 amide bonds. The number of pyridine rings is 1. The maximum atomic E-state index is 14.8. The predicted octanol–water partition coefficient (Wildman–Crippen LogP) is 5.04. The van der Waals surface area contributed by atoms with Gasteiger partial charge in [-0.1, -0.05) is 35.9 Å². The summed E-state index contributed by atoms with van der Waals surface area (Å²) in [6, 6.07) is 12.9. The van der Waals surface area contributed by atoms with Crippen LogP contribution in [-0.4, -0.2) is 30.8 Å². The highest BCUT2D eigenvalue weighted by Gasteiger charge is 2.31. The number of fused-ring (bicyclic) bond motifs is 1. The first-order valence-corrected chi connectivity index (χ1v) is 12.9. The summed E-state index contributed by atoms with van der Waals surface area (Å²) in [5, 5.41) is 13.4. The summed E-state index contributed by atoms with van der Waals surface area (Å²) < 4.78 is 83.8. The Morgan fingerprint density at radius 1 is 1.03 bits per heavy atom. The van der Waals surface area contributed by atoms with Crippen molar-refractivity contribution in [1.29, 1.82) is 0 Å². The molecule has 1 heterocycles. The van der Waals surface area contributed by atoms with Gasteiger partial charge in [0.15, 0.2) is 5.82 Å². The van der Waals surface area contributed by atoms with E-state index in [2.05, 4.69) is 19.8 Å². The molecule has 3 N–H and O–H groups in total. The maximum absolute atomic E-state index is 14.8. The monoisotopic (exact) mass is 583 g/mol. The van der Waals surface area contributed by atoms with Crippen LogP contribution in [0.15, 0.2) is 71.8 Å². The van der Waals surface area contributed by atoms with Gasteiger partial charge < -0.3 is 15.2 Å². The van der Waals surface area contributed by atoms with E-state index in [9.17, 15) is 35.9 Å². The number of nitrogens with one attached hydrogen (secondary N) is 2. The van der Waals surface area contributed by atoms with E-state index in [1.54, 1.807) is 24.3 Å². The average molecular weight is 584 g/mol. The Kier molecular flexibility index (Phi) is 7.95. The second kappa shape index (κ2) is 11.0. The third-order valence-electron chi connectivity index (χ3n) is 5.39. The largest absolute Gasteiger partial charge is 0.573 e. The van der Waals surface area contributed by atoms with Gasteiger partial charge in [0.05, 0.1) is 4.90 Å². The number of carbonyl (C=O) groups excluding carboxylic acids is 1. The van der Waals surface area contributed by atoms with Gasteiger partial charge in [-0.2, -0.15) is 0 Å². The predicted molar refractivity (Wildman–Crippen MR) is 133 cm³/mol. The molecule has 0 aliphatic heterocycles. The molecule has 4 rings (SSSR count). The van der Waals surface area contributed by atoms with Gasteiger partial charge in [0.2, 0.25) is 10.0 Å². The smallest absolute Gasteiger partial charge is 0.506 e. The topological polar surface area (TPSA) is 118 Å². The third-order valence-corrected chi connectivity index (χ3v) is 7.02. The van der Waals surface area contributed by atoms with Gasteiger partial charge in [-0.3, -0.25) is 9.78 Å². The van der Waals surface area contributed by atoms with E-state index in [-0.39, 0.29) is 28.6 Å². The van der Waals surface area contributed by atoms with Crippen LogP contribution in [0.4, 0.5) is 17.6 Å². The molecule has 14 heteroatoms. The summed E-state index contributed by atoms with van der Waals surface area (Å²) in [6.45, 7) is -0.371. The Labute approximate surface area is 224 Å². The Bertz CT molecular complexity index is 1650. The van der Waals surface area contributed by atoms with Gasteiger partial charge in [0.25, 0.3) is 5.91 Å². The highest BCUT2D eigenvalue weighted by molar-refractivity contribution is 7.89. The molecule has 0 atom stereocenters. The van der Waals surface area contributed by atoms with Crippen molar-refractivity contribution in [3.63, 3.8) is 0 Å². The molecule has 3 aromatic carbocycles. The average Bonchev–Trinajstić information content (AvgIpc) is 2.87. The number of alkyl halides is 3. The number of halogens is 5. The van der Waals surface area contributed by atoms with Crippen molar-refractivity contribution in [2.45, 2.75) is 24.3 Å². The third kappa shape index (κ3) is 6.93. The molecular formula is C25H18ClF4N3O5S. The van der Waals surface area contributed by atoms with Crippen LogP contribution < -0.4 is 14.8 Å². The van der Waals surface area contributed by atoms with E-state index in [0.29, 0.717) is 16.7 Å². The molecule has 0 bridgehead atoms. The molecule has 0 fully saturated rings. The van der Waals surface area contributed by atoms with Crippen LogP contribution in [0.5, 0.6) is 11.5 Å². The molecular weight excluding hydrogens is 566 g/mol. The van der Waals surface area contributed by atoms with Gasteiger partial charge in [0, 0.05) is 29.7 Å². The van der Waals surface area contributed by atoms with Gasteiger partial charge in [0.1, 0.15) is 22.6 Å². The summed E-state index contributed by atoms with van der Waals surface area (Å²) in [5.74, 6) is -3.07. The summed E-state index contributed by atoms with van der Waals surface area (Å²) in [4.78, 5) is 15.9. The van der Waals surface area contributed by atoms with Gasteiger partial charge >= 0.3 is 6.36 Å². The van der Waals surface area contributed by atoms with E-state index in [0.717, 1.165) is 24.4 Å². The van der Waals surface area contributed by atoms with E-state index in [4.69, 9.17) is 11.6 Å². The number of amides is 1. The zero-order valence-electron chi connectivity index (χ0n) is 19.6. The minimum atomic E-state index is -4.93. The van der Waals surface area contributed by atoms with Crippen molar-refractivity contribution < 1.29 is 40.6 Å². The second-order valence-corrected chi connectivity index (χ2v) is 10.4. The normalized spacial score (nSPS) is 11.9. The van der Waals surface area contributed by atoms with E-state index < -0.39 is 51.0 Å². The van der Waals surface area contributed by atoms with Crippen molar-refractivity contribution in [2.24, 2.45) is 0 Å². The fourth-order valence-electron chi connectivity index (χ4n) is 3.54. The molecule has 4 aromatic rings. The number of benzene rings is 3. The fraction of sp³-hybridized carbons (Fsp3) is 0.120. The quantitative estimate of drug-likeness (QED) is 0.250. The second-order valence-electron chi connectivity index (χ2n) is 8.15. The lowest BCUT2D eigenvalue weighted by Crippen LogP contribution is -2.24. The first-order valence-electron chi connectivity index (χ1n) is 11.0. The molecule has 0 aliphatic rings. The van der Waals surface area contributed by atoms with Crippen LogP contribution >= 0.6 is 11.6 Å². The minimum absolute atomic E-state index is 0.0788. The van der Waals surface area contributed by atoms with Gasteiger partial charge in [-0.15, -0.1) is 13.2 Å². The molecule has 1 aromatic heterocycles. The van der Waals surface area contributed by atoms with Crippen molar-refractivity contribution in [1.82, 2.24) is 15.0 Å². The van der Waals surface area contributed by atoms with Crippen LogP contribution in [0.1, 0.15) is 21.5 Å². The van der Waals surface area contributed by atoms with Crippen LogP contribution in [0.2, 0.25) is 5.02 Å². The Morgan fingerprint density at radius 2 is 1.74 bits per heavy atom. The van der Waals surface area contributed by atoms with Crippen LogP contribution in [0, 0.1) is 5.82 Å². The number of aromatic nitrogens is 1. The first-order chi connectivity index (χ1) is 18.3. The Balaban J connectivity index is 1.56. The van der Waals surface area contributed by atoms with E-state index >= 15 is 0 Å². The van der Waals surface area contributed by atoms with Crippen molar-refractivity contribution in [3.05, 3.63) is 94.4 Å². The molecule has 0 unspecified atom stereocenters. The van der Waals surface area contributed by atoms with Gasteiger partial charge in [-0.05, 0) is 47.5 Å².